The van der Waals surface area contributed by atoms with Gasteiger partial charge in [0.25, 0.3) is 5.91 Å². The third-order valence-corrected chi connectivity index (χ3v) is 5.04. The summed E-state index contributed by atoms with van der Waals surface area (Å²) in [5, 5.41) is 0.965. The van der Waals surface area contributed by atoms with Gasteiger partial charge in [-0.25, -0.2) is 9.97 Å². The Morgan fingerprint density at radius 1 is 1.25 bits per heavy atom. The lowest BCUT2D eigenvalue weighted by Crippen LogP contribution is -2.49. The van der Waals surface area contributed by atoms with E-state index in [0.29, 0.717) is 19.0 Å². The predicted molar refractivity (Wildman–Crippen MR) is 95.5 cm³/mol. The van der Waals surface area contributed by atoms with Gasteiger partial charge < -0.3 is 9.80 Å². The van der Waals surface area contributed by atoms with E-state index in [1.54, 1.807) is 18.6 Å². The second-order valence-corrected chi connectivity index (χ2v) is 7.65. The Hall–Kier alpha value is -2.02. The van der Waals surface area contributed by atoms with E-state index in [2.05, 4.69) is 33.7 Å². The summed E-state index contributed by atoms with van der Waals surface area (Å²) in [7, 11) is 0. The molecule has 128 valence electrons. The second kappa shape index (κ2) is 7.25. The van der Waals surface area contributed by atoms with Crippen molar-refractivity contribution in [2.24, 2.45) is 5.92 Å². The molecule has 1 fully saturated rings. The third-order valence-electron chi connectivity index (χ3n) is 4.04. The van der Waals surface area contributed by atoms with E-state index in [0.717, 1.165) is 40.9 Å². The maximum atomic E-state index is 12.9. The van der Waals surface area contributed by atoms with Gasteiger partial charge in [0, 0.05) is 38.6 Å². The maximum Gasteiger partial charge on any atom is 0.265 e. The fraction of sp³-hybridized carbons (Fsp3) is 0.529. The molecule has 7 heteroatoms. The molecular formula is C17H23N5OS. The Bertz CT molecular complexity index is 692. The standard InChI is InChI=1S/C17H23N5OS/c1-12(2)10-14-16(24-13(3)20-14)17(23)22-8-6-21(7-9-22)15-11-18-4-5-19-15/h4-5,11-12H,6-10H2,1-3H3. The lowest BCUT2D eigenvalue weighted by atomic mass is 10.1. The Morgan fingerprint density at radius 2 is 2.00 bits per heavy atom. The van der Waals surface area contributed by atoms with Crippen molar-refractivity contribution in [3.8, 4) is 0 Å². The minimum Gasteiger partial charge on any atom is -0.352 e. The van der Waals surface area contributed by atoms with Crippen LogP contribution in [0.3, 0.4) is 0 Å². The number of carbonyl (C=O) groups is 1. The molecule has 0 radical (unpaired) electrons. The first-order valence-corrected chi connectivity index (χ1v) is 9.12. The van der Waals surface area contributed by atoms with Crippen molar-refractivity contribution >= 4 is 23.1 Å². The first-order chi connectivity index (χ1) is 11.5. The molecule has 0 saturated carbocycles. The Balaban J connectivity index is 1.67. The maximum absolute atomic E-state index is 12.9. The highest BCUT2D eigenvalue weighted by Crippen LogP contribution is 2.23. The van der Waals surface area contributed by atoms with E-state index in [4.69, 9.17) is 0 Å². The van der Waals surface area contributed by atoms with Crippen molar-refractivity contribution in [3.05, 3.63) is 34.2 Å². The van der Waals surface area contributed by atoms with Gasteiger partial charge in [-0.3, -0.25) is 9.78 Å². The van der Waals surface area contributed by atoms with Crippen molar-refractivity contribution in [2.45, 2.75) is 27.2 Å². The minimum atomic E-state index is 0.120. The molecule has 3 heterocycles. The van der Waals surface area contributed by atoms with Gasteiger partial charge in [0.15, 0.2) is 0 Å². The van der Waals surface area contributed by atoms with E-state index in [1.807, 2.05) is 11.8 Å². The lowest BCUT2D eigenvalue weighted by Gasteiger charge is -2.35. The van der Waals surface area contributed by atoms with Crippen LogP contribution in [0.5, 0.6) is 0 Å². The van der Waals surface area contributed by atoms with Gasteiger partial charge in [0.05, 0.1) is 16.9 Å². The van der Waals surface area contributed by atoms with Crippen LogP contribution in [0.4, 0.5) is 5.82 Å². The molecular weight excluding hydrogens is 322 g/mol. The summed E-state index contributed by atoms with van der Waals surface area (Å²) in [6.45, 7) is 9.24. The summed E-state index contributed by atoms with van der Waals surface area (Å²) in [4.78, 5) is 30.8. The number of piperazine rings is 1. The van der Waals surface area contributed by atoms with Crippen LogP contribution in [0.2, 0.25) is 0 Å². The number of aromatic nitrogens is 3. The summed E-state index contributed by atoms with van der Waals surface area (Å²) in [6, 6.07) is 0. The summed E-state index contributed by atoms with van der Waals surface area (Å²) >= 11 is 1.52. The fourth-order valence-corrected chi connectivity index (χ4v) is 3.81. The number of hydrogen-bond acceptors (Lipinski definition) is 6. The smallest absolute Gasteiger partial charge is 0.265 e. The van der Waals surface area contributed by atoms with Crippen LogP contribution in [0.1, 0.15) is 34.2 Å². The zero-order valence-corrected chi connectivity index (χ0v) is 15.2. The molecule has 0 aliphatic carbocycles. The molecule has 1 aliphatic rings. The van der Waals surface area contributed by atoms with Gasteiger partial charge in [-0.1, -0.05) is 13.8 Å². The molecule has 0 spiro atoms. The van der Waals surface area contributed by atoms with Crippen LogP contribution in [-0.4, -0.2) is 51.9 Å². The van der Waals surface area contributed by atoms with Gasteiger partial charge in [0.2, 0.25) is 0 Å². The zero-order valence-electron chi connectivity index (χ0n) is 14.4. The average Bonchev–Trinajstić information content (AvgIpc) is 2.95. The van der Waals surface area contributed by atoms with Gasteiger partial charge in [-0.05, 0) is 19.3 Å². The van der Waals surface area contributed by atoms with Gasteiger partial charge in [-0.2, -0.15) is 0 Å². The molecule has 3 rings (SSSR count). The molecule has 2 aromatic heterocycles. The number of rotatable bonds is 4. The number of amides is 1. The molecule has 1 saturated heterocycles. The van der Waals surface area contributed by atoms with Crippen molar-refractivity contribution < 1.29 is 4.79 Å². The Kier molecular flexibility index (Phi) is 5.08. The quantitative estimate of drug-likeness (QED) is 0.851. The van der Waals surface area contributed by atoms with Crippen molar-refractivity contribution in [2.75, 3.05) is 31.1 Å². The number of nitrogens with zero attached hydrogens (tertiary/aromatic N) is 5. The first kappa shape index (κ1) is 16.8. The van der Waals surface area contributed by atoms with Crippen LogP contribution in [-0.2, 0) is 6.42 Å². The van der Waals surface area contributed by atoms with Crippen molar-refractivity contribution in [1.29, 1.82) is 0 Å². The van der Waals surface area contributed by atoms with Crippen molar-refractivity contribution in [3.63, 3.8) is 0 Å². The average molecular weight is 345 g/mol. The molecule has 1 aliphatic heterocycles. The lowest BCUT2D eigenvalue weighted by molar-refractivity contribution is 0.0750. The number of anilines is 1. The highest BCUT2D eigenvalue weighted by Gasteiger charge is 2.26. The first-order valence-electron chi connectivity index (χ1n) is 8.31. The van der Waals surface area contributed by atoms with Gasteiger partial charge in [0.1, 0.15) is 10.7 Å². The molecule has 0 N–H and O–H groups in total. The highest BCUT2D eigenvalue weighted by molar-refractivity contribution is 7.13. The topological polar surface area (TPSA) is 62.2 Å². The predicted octanol–water partition coefficient (Wildman–Crippen LogP) is 2.40. The molecule has 0 atom stereocenters. The molecule has 2 aromatic rings. The van der Waals surface area contributed by atoms with Crippen LogP contribution in [0, 0.1) is 12.8 Å². The van der Waals surface area contributed by atoms with E-state index in [9.17, 15) is 4.79 Å². The largest absolute Gasteiger partial charge is 0.352 e. The van der Waals surface area contributed by atoms with E-state index < -0.39 is 0 Å². The summed E-state index contributed by atoms with van der Waals surface area (Å²) in [5.74, 6) is 1.49. The van der Waals surface area contributed by atoms with Crippen molar-refractivity contribution in [1.82, 2.24) is 19.9 Å². The minimum absolute atomic E-state index is 0.120. The normalized spacial score (nSPS) is 15.2. The summed E-state index contributed by atoms with van der Waals surface area (Å²) < 4.78 is 0. The molecule has 0 bridgehead atoms. The van der Waals surface area contributed by atoms with Crippen LogP contribution < -0.4 is 4.90 Å². The second-order valence-electron chi connectivity index (χ2n) is 6.45. The monoisotopic (exact) mass is 345 g/mol. The summed E-state index contributed by atoms with van der Waals surface area (Å²) in [6.07, 6.45) is 5.99. The molecule has 1 amide bonds. The van der Waals surface area contributed by atoms with E-state index >= 15 is 0 Å². The molecule has 24 heavy (non-hydrogen) atoms. The third kappa shape index (κ3) is 3.72. The summed E-state index contributed by atoms with van der Waals surface area (Å²) in [5.41, 5.74) is 0.953. The zero-order chi connectivity index (χ0) is 17.1. The van der Waals surface area contributed by atoms with Crippen LogP contribution in [0.25, 0.3) is 0 Å². The fourth-order valence-electron chi connectivity index (χ4n) is 2.90. The number of thiazole rings is 1. The highest BCUT2D eigenvalue weighted by atomic mass is 32.1. The number of carbonyl (C=O) groups excluding carboxylic acids is 1. The van der Waals surface area contributed by atoms with Gasteiger partial charge in [-0.15, -0.1) is 11.3 Å². The van der Waals surface area contributed by atoms with E-state index in [1.165, 1.54) is 11.3 Å². The number of hydrogen-bond donors (Lipinski definition) is 0. The van der Waals surface area contributed by atoms with E-state index in [-0.39, 0.29) is 5.91 Å². The molecule has 0 unspecified atom stereocenters. The Labute approximate surface area is 146 Å². The SMILES string of the molecule is Cc1nc(CC(C)C)c(C(=O)N2CCN(c3cnccn3)CC2)s1. The molecule has 6 nitrogen and oxygen atoms in total. The van der Waals surface area contributed by atoms with Crippen LogP contribution >= 0.6 is 11.3 Å². The van der Waals surface area contributed by atoms with Crippen LogP contribution in [0.15, 0.2) is 18.6 Å². The Morgan fingerprint density at radius 3 is 2.62 bits per heavy atom. The van der Waals surface area contributed by atoms with Gasteiger partial charge >= 0.3 is 0 Å². The molecule has 0 aromatic carbocycles. The number of aryl methyl sites for hydroxylation is 1.